The molecule has 16 heavy (non-hydrogen) atoms. The van der Waals surface area contributed by atoms with Gasteiger partial charge in [-0.1, -0.05) is 0 Å². The lowest BCUT2D eigenvalue weighted by atomic mass is 10.2. The fourth-order valence-corrected chi connectivity index (χ4v) is 4.05. The first-order chi connectivity index (χ1) is 7.39. The van der Waals surface area contributed by atoms with E-state index in [1.165, 1.54) is 0 Å². The zero-order valence-corrected chi connectivity index (χ0v) is 10.3. The number of carboxylic acids is 1. The molecule has 2 N–H and O–H groups in total. The maximum atomic E-state index is 11.4. The van der Waals surface area contributed by atoms with Crippen molar-refractivity contribution in [2.75, 3.05) is 17.3 Å². The van der Waals surface area contributed by atoms with E-state index in [1.54, 1.807) is 0 Å². The first-order valence-electron chi connectivity index (χ1n) is 4.96. The molecule has 0 aliphatic carbocycles. The van der Waals surface area contributed by atoms with Gasteiger partial charge in [-0.2, -0.15) is 0 Å². The third kappa shape index (κ3) is 5.04. The van der Waals surface area contributed by atoms with Crippen molar-refractivity contribution in [1.82, 2.24) is 4.72 Å². The molecule has 0 atom stereocenters. The molecule has 0 spiro atoms. The molecule has 0 aromatic rings. The molecule has 1 heterocycles. The van der Waals surface area contributed by atoms with Gasteiger partial charge in [-0.15, -0.1) is 0 Å². The minimum atomic E-state index is -3.52. The first-order valence-corrected chi connectivity index (χ1v) is 8.10. The summed E-state index contributed by atoms with van der Waals surface area (Å²) in [5, 5.41) is 8.38. The van der Waals surface area contributed by atoms with E-state index in [-0.39, 0.29) is 6.04 Å². The monoisotopic (exact) mass is 269 g/mol. The molecule has 0 saturated carbocycles. The quantitative estimate of drug-likeness (QED) is 0.687. The second kappa shape index (κ2) is 5.74. The highest BCUT2D eigenvalue weighted by molar-refractivity contribution is 7.89. The molecule has 0 aromatic carbocycles. The minimum Gasteiger partial charge on any atom is -0.481 e. The second-order valence-electron chi connectivity index (χ2n) is 3.70. The van der Waals surface area contributed by atoms with Crippen molar-refractivity contribution in [3.63, 3.8) is 0 Å². The number of sulfonamides is 1. The second-order valence-corrected chi connectivity index (χ2v) is 7.27. The van der Waals surface area contributed by atoms with Crippen molar-refractivity contribution in [1.29, 1.82) is 0 Å². The summed E-state index contributed by atoms with van der Waals surface area (Å²) in [4.78, 5) is 10.2. The molecule has 0 aromatic heterocycles. The lowest BCUT2D eigenvalue weighted by molar-refractivity contribution is -0.136. The summed E-state index contributed by atoms with van der Waals surface area (Å²) >= 11 is 0. The number of rotatable bonds is 5. The van der Waals surface area contributed by atoms with Gasteiger partial charge in [0, 0.05) is 28.3 Å². The Labute approximate surface area is 96.9 Å². The van der Waals surface area contributed by atoms with Gasteiger partial charge in [-0.3, -0.25) is 9.00 Å². The number of nitrogens with one attached hydrogen (secondary N) is 1. The molecule has 0 amide bonds. The van der Waals surface area contributed by atoms with Crippen LogP contribution in [0.1, 0.15) is 19.3 Å². The highest BCUT2D eigenvalue weighted by Gasteiger charge is 2.23. The van der Waals surface area contributed by atoms with E-state index in [4.69, 9.17) is 5.11 Å². The van der Waals surface area contributed by atoms with E-state index in [2.05, 4.69) is 4.72 Å². The largest absolute Gasteiger partial charge is 0.481 e. The van der Waals surface area contributed by atoms with E-state index in [0.29, 0.717) is 24.3 Å². The molecule has 0 radical (unpaired) electrons. The van der Waals surface area contributed by atoms with Crippen LogP contribution >= 0.6 is 0 Å². The third-order valence-electron chi connectivity index (χ3n) is 2.32. The van der Waals surface area contributed by atoms with Gasteiger partial charge in [0.05, 0.1) is 12.2 Å². The fourth-order valence-electron chi connectivity index (χ4n) is 1.45. The summed E-state index contributed by atoms with van der Waals surface area (Å²) in [6.07, 6.45) is 0.714. The van der Waals surface area contributed by atoms with Crippen molar-refractivity contribution in [3.8, 4) is 0 Å². The standard InChI is InChI=1S/C8H15NO5S2/c10-8(11)3-6-16(13,14)9-7-1-4-15(12)5-2-7/h7,9H,1-6H2,(H,10,11). The van der Waals surface area contributed by atoms with Crippen LogP contribution in [0.25, 0.3) is 0 Å². The third-order valence-corrected chi connectivity index (χ3v) is 5.13. The molecule has 1 aliphatic rings. The summed E-state index contributed by atoms with van der Waals surface area (Å²) < 4.78 is 36.4. The van der Waals surface area contributed by atoms with Crippen LogP contribution in [0.5, 0.6) is 0 Å². The number of hydrogen-bond donors (Lipinski definition) is 2. The van der Waals surface area contributed by atoms with E-state index in [0.717, 1.165) is 0 Å². The van der Waals surface area contributed by atoms with Gasteiger partial charge in [0.2, 0.25) is 10.0 Å². The topological polar surface area (TPSA) is 101 Å². The number of hydrogen-bond acceptors (Lipinski definition) is 4. The van der Waals surface area contributed by atoms with Crippen molar-refractivity contribution >= 4 is 26.8 Å². The van der Waals surface area contributed by atoms with Gasteiger partial charge in [0.25, 0.3) is 0 Å². The molecule has 0 bridgehead atoms. The Bertz CT molecular complexity index is 368. The van der Waals surface area contributed by atoms with Gasteiger partial charge in [-0.05, 0) is 12.8 Å². The van der Waals surface area contributed by atoms with Crippen LogP contribution in [-0.4, -0.2) is 47.0 Å². The molecule has 8 heteroatoms. The number of carbonyl (C=O) groups is 1. The summed E-state index contributed by atoms with van der Waals surface area (Å²) in [5.41, 5.74) is 0. The molecule has 94 valence electrons. The van der Waals surface area contributed by atoms with Crippen molar-refractivity contribution in [2.24, 2.45) is 0 Å². The first kappa shape index (κ1) is 13.6. The predicted octanol–water partition coefficient (Wildman–Crippen LogP) is -0.708. The van der Waals surface area contributed by atoms with E-state index in [9.17, 15) is 17.4 Å². The Morgan fingerprint density at radius 3 is 2.44 bits per heavy atom. The molecular weight excluding hydrogens is 254 g/mol. The highest BCUT2D eigenvalue weighted by Crippen LogP contribution is 2.10. The number of carboxylic acid groups (broad SMARTS) is 1. The van der Waals surface area contributed by atoms with Crippen LogP contribution in [0.15, 0.2) is 0 Å². The minimum absolute atomic E-state index is 0.198. The van der Waals surface area contributed by atoms with Crippen LogP contribution in [0.2, 0.25) is 0 Å². The SMILES string of the molecule is O=C(O)CCS(=O)(=O)NC1CCS(=O)CC1. The Hall–Kier alpha value is -0.470. The summed E-state index contributed by atoms with van der Waals surface area (Å²) in [6.45, 7) is 0. The molecule has 6 nitrogen and oxygen atoms in total. The van der Waals surface area contributed by atoms with Gasteiger partial charge in [0.1, 0.15) is 0 Å². The lowest BCUT2D eigenvalue weighted by Crippen LogP contribution is -2.40. The average Bonchev–Trinajstić information content (AvgIpc) is 2.19. The molecule has 1 aliphatic heterocycles. The van der Waals surface area contributed by atoms with Gasteiger partial charge < -0.3 is 5.11 Å². The van der Waals surface area contributed by atoms with Gasteiger partial charge >= 0.3 is 5.97 Å². The zero-order chi connectivity index (χ0) is 12.2. The lowest BCUT2D eigenvalue weighted by Gasteiger charge is -2.22. The molecule has 1 rings (SSSR count). The zero-order valence-electron chi connectivity index (χ0n) is 8.72. The summed E-state index contributed by atoms with van der Waals surface area (Å²) in [6, 6.07) is -0.198. The van der Waals surface area contributed by atoms with Gasteiger partial charge in [0.15, 0.2) is 0 Å². The fraction of sp³-hybridized carbons (Fsp3) is 0.875. The van der Waals surface area contributed by atoms with E-state index < -0.39 is 39.0 Å². The van der Waals surface area contributed by atoms with E-state index >= 15 is 0 Å². The Kier molecular flexibility index (Phi) is 4.88. The molecule has 1 fully saturated rings. The van der Waals surface area contributed by atoms with E-state index in [1.807, 2.05) is 0 Å². The predicted molar refractivity (Wildman–Crippen MR) is 60.1 cm³/mol. The molecule has 0 unspecified atom stereocenters. The normalized spacial score (nSPS) is 26.5. The van der Waals surface area contributed by atoms with Crippen LogP contribution in [0, 0.1) is 0 Å². The highest BCUT2D eigenvalue weighted by atomic mass is 32.2. The smallest absolute Gasteiger partial charge is 0.304 e. The Morgan fingerprint density at radius 1 is 1.38 bits per heavy atom. The van der Waals surface area contributed by atoms with Crippen molar-refractivity contribution in [3.05, 3.63) is 0 Å². The Balaban J connectivity index is 2.40. The van der Waals surface area contributed by atoms with Gasteiger partial charge in [-0.25, -0.2) is 13.1 Å². The molecular formula is C8H15NO5S2. The van der Waals surface area contributed by atoms with Crippen LogP contribution in [-0.2, 0) is 25.6 Å². The number of aliphatic carboxylic acids is 1. The maximum absolute atomic E-state index is 11.4. The van der Waals surface area contributed by atoms with Crippen LogP contribution < -0.4 is 4.72 Å². The molecule has 1 saturated heterocycles. The maximum Gasteiger partial charge on any atom is 0.304 e. The van der Waals surface area contributed by atoms with Crippen LogP contribution in [0.3, 0.4) is 0 Å². The van der Waals surface area contributed by atoms with Crippen molar-refractivity contribution < 1.29 is 22.5 Å². The summed E-state index contributed by atoms with van der Waals surface area (Å²) in [7, 11) is -4.35. The summed E-state index contributed by atoms with van der Waals surface area (Å²) in [5.74, 6) is -0.518. The van der Waals surface area contributed by atoms with Crippen molar-refractivity contribution in [2.45, 2.75) is 25.3 Å². The average molecular weight is 269 g/mol. The van der Waals surface area contributed by atoms with Crippen LogP contribution in [0.4, 0.5) is 0 Å². The Morgan fingerprint density at radius 2 is 1.94 bits per heavy atom.